The van der Waals surface area contributed by atoms with E-state index >= 15 is 0 Å². The molecule has 2 heteroatoms. The van der Waals surface area contributed by atoms with Crippen LogP contribution in [0.15, 0.2) is 0 Å². The Morgan fingerprint density at radius 1 is 1.20 bits per heavy atom. The highest BCUT2D eigenvalue weighted by molar-refractivity contribution is 4.78. The minimum atomic E-state index is 0.812. The minimum Gasteiger partial charge on any atom is -0.330 e. The first-order chi connectivity index (χ1) is 7.13. The maximum atomic E-state index is 5.55. The van der Waals surface area contributed by atoms with Crippen molar-refractivity contribution in [3.05, 3.63) is 0 Å². The third-order valence-corrected chi connectivity index (χ3v) is 3.89. The van der Waals surface area contributed by atoms with Gasteiger partial charge in [-0.05, 0) is 50.1 Å². The van der Waals surface area contributed by atoms with E-state index in [2.05, 4.69) is 25.7 Å². The van der Waals surface area contributed by atoms with E-state index in [0.717, 1.165) is 24.3 Å². The van der Waals surface area contributed by atoms with Crippen molar-refractivity contribution in [2.24, 2.45) is 23.5 Å². The van der Waals surface area contributed by atoms with Crippen molar-refractivity contribution in [3.63, 3.8) is 0 Å². The summed E-state index contributed by atoms with van der Waals surface area (Å²) in [6, 6.07) is 0. The number of hydrogen-bond acceptors (Lipinski definition) is 2. The van der Waals surface area contributed by atoms with Gasteiger partial charge in [-0.25, -0.2) is 0 Å². The Balaban J connectivity index is 2.06. The fourth-order valence-electron chi connectivity index (χ4n) is 2.52. The lowest BCUT2D eigenvalue weighted by Crippen LogP contribution is -2.22. The molecule has 15 heavy (non-hydrogen) atoms. The van der Waals surface area contributed by atoms with E-state index in [4.69, 9.17) is 5.73 Å². The predicted octanol–water partition coefficient (Wildman–Crippen LogP) is 2.34. The van der Waals surface area contributed by atoms with Crippen molar-refractivity contribution in [3.8, 4) is 0 Å². The summed E-state index contributed by atoms with van der Waals surface area (Å²) in [5.41, 5.74) is 5.55. The molecule has 1 heterocycles. The molecule has 0 bridgehead atoms. The lowest BCUT2D eigenvalue weighted by atomic mass is 10.0. The van der Waals surface area contributed by atoms with E-state index in [-0.39, 0.29) is 0 Å². The van der Waals surface area contributed by atoms with Crippen molar-refractivity contribution in [1.29, 1.82) is 0 Å². The van der Waals surface area contributed by atoms with Crippen LogP contribution in [0.3, 0.4) is 0 Å². The van der Waals surface area contributed by atoms with Gasteiger partial charge in [-0.1, -0.05) is 20.8 Å². The summed E-state index contributed by atoms with van der Waals surface area (Å²) >= 11 is 0. The van der Waals surface area contributed by atoms with E-state index in [9.17, 15) is 0 Å². The van der Waals surface area contributed by atoms with Gasteiger partial charge >= 0.3 is 0 Å². The number of rotatable bonds is 6. The van der Waals surface area contributed by atoms with E-state index in [0.29, 0.717) is 0 Å². The smallest absolute Gasteiger partial charge is 0.00102 e. The molecule has 1 aliphatic rings. The summed E-state index contributed by atoms with van der Waals surface area (Å²) in [7, 11) is 0. The van der Waals surface area contributed by atoms with Crippen LogP contribution in [0.25, 0.3) is 0 Å². The molecule has 3 unspecified atom stereocenters. The molecule has 2 N–H and O–H groups in total. The van der Waals surface area contributed by atoms with Crippen molar-refractivity contribution in [2.45, 2.75) is 40.0 Å². The number of hydrogen-bond donors (Lipinski definition) is 1. The molecule has 1 aliphatic heterocycles. The molecule has 2 nitrogen and oxygen atoms in total. The van der Waals surface area contributed by atoms with Crippen LogP contribution in [-0.4, -0.2) is 31.1 Å². The van der Waals surface area contributed by atoms with Gasteiger partial charge in [-0.15, -0.1) is 0 Å². The van der Waals surface area contributed by atoms with Crippen LogP contribution in [0.1, 0.15) is 40.0 Å². The summed E-state index contributed by atoms with van der Waals surface area (Å²) in [6.45, 7) is 11.8. The number of nitrogens with zero attached hydrogens (tertiary/aromatic N) is 1. The molecule has 1 rings (SSSR count). The number of likely N-dealkylation sites (tertiary alicyclic amines) is 1. The Bertz CT molecular complexity index is 160. The van der Waals surface area contributed by atoms with Gasteiger partial charge in [0, 0.05) is 13.1 Å². The maximum Gasteiger partial charge on any atom is 0.00102 e. The second kappa shape index (κ2) is 6.49. The molecular formula is C13H28N2. The summed E-state index contributed by atoms with van der Waals surface area (Å²) in [5.74, 6) is 2.60. The van der Waals surface area contributed by atoms with E-state index < -0.39 is 0 Å². The second-order valence-electron chi connectivity index (χ2n) is 5.54. The van der Waals surface area contributed by atoms with Gasteiger partial charge in [-0.2, -0.15) is 0 Å². The van der Waals surface area contributed by atoms with Gasteiger partial charge < -0.3 is 10.6 Å². The molecule has 0 aromatic carbocycles. The van der Waals surface area contributed by atoms with Crippen LogP contribution in [-0.2, 0) is 0 Å². The monoisotopic (exact) mass is 212 g/mol. The Hall–Kier alpha value is -0.0800. The third-order valence-electron chi connectivity index (χ3n) is 3.89. The lowest BCUT2D eigenvalue weighted by Gasteiger charge is -2.16. The molecule has 0 spiro atoms. The summed E-state index contributed by atoms with van der Waals surface area (Å²) < 4.78 is 0. The molecule has 0 aromatic rings. The molecule has 1 saturated heterocycles. The summed E-state index contributed by atoms with van der Waals surface area (Å²) in [6.07, 6.45) is 3.88. The van der Waals surface area contributed by atoms with Crippen molar-refractivity contribution < 1.29 is 0 Å². The predicted molar refractivity (Wildman–Crippen MR) is 66.8 cm³/mol. The van der Waals surface area contributed by atoms with Crippen molar-refractivity contribution in [2.75, 3.05) is 26.2 Å². The van der Waals surface area contributed by atoms with Crippen LogP contribution >= 0.6 is 0 Å². The molecule has 0 radical (unpaired) electrons. The normalized spacial score (nSPS) is 29.6. The Labute approximate surface area is 95.2 Å². The molecule has 0 aromatic heterocycles. The molecule has 0 amide bonds. The number of nitrogens with two attached hydrogens (primary N) is 1. The van der Waals surface area contributed by atoms with Crippen LogP contribution in [0.5, 0.6) is 0 Å². The second-order valence-corrected chi connectivity index (χ2v) is 5.54. The SMILES string of the molecule is CC(CCN)CCCN1CC(C)C(C)C1. The first kappa shape index (κ1) is 13.0. The van der Waals surface area contributed by atoms with Crippen LogP contribution in [0.4, 0.5) is 0 Å². The Morgan fingerprint density at radius 3 is 2.33 bits per heavy atom. The molecule has 3 atom stereocenters. The highest BCUT2D eigenvalue weighted by Crippen LogP contribution is 2.22. The standard InChI is InChI=1S/C13H28N2/c1-11(6-7-14)5-4-8-15-9-12(2)13(3)10-15/h11-13H,4-10,14H2,1-3H3. The molecule has 1 fully saturated rings. The first-order valence-electron chi connectivity index (χ1n) is 6.56. The largest absolute Gasteiger partial charge is 0.330 e. The third kappa shape index (κ3) is 4.52. The van der Waals surface area contributed by atoms with Gasteiger partial charge in [0.25, 0.3) is 0 Å². The average molecular weight is 212 g/mol. The van der Waals surface area contributed by atoms with Gasteiger partial charge in [0.1, 0.15) is 0 Å². The lowest BCUT2D eigenvalue weighted by molar-refractivity contribution is 0.304. The van der Waals surface area contributed by atoms with Crippen LogP contribution in [0, 0.1) is 17.8 Å². The van der Waals surface area contributed by atoms with Gasteiger partial charge in [-0.3, -0.25) is 0 Å². The summed E-state index contributed by atoms with van der Waals surface area (Å²) in [4.78, 5) is 2.63. The fraction of sp³-hybridized carbons (Fsp3) is 1.00. The highest BCUT2D eigenvalue weighted by Gasteiger charge is 2.25. The van der Waals surface area contributed by atoms with Gasteiger partial charge in [0.15, 0.2) is 0 Å². The quantitative estimate of drug-likeness (QED) is 0.732. The molecule has 90 valence electrons. The topological polar surface area (TPSA) is 29.3 Å². The van der Waals surface area contributed by atoms with Crippen molar-refractivity contribution in [1.82, 2.24) is 4.90 Å². The minimum absolute atomic E-state index is 0.812. The molecular weight excluding hydrogens is 184 g/mol. The zero-order valence-electron chi connectivity index (χ0n) is 10.7. The molecule has 0 saturated carbocycles. The van der Waals surface area contributed by atoms with Crippen molar-refractivity contribution >= 4 is 0 Å². The summed E-state index contributed by atoms with van der Waals surface area (Å²) in [5, 5.41) is 0. The van der Waals surface area contributed by atoms with Crippen LogP contribution in [0.2, 0.25) is 0 Å². The van der Waals surface area contributed by atoms with E-state index in [1.165, 1.54) is 38.9 Å². The fourth-order valence-corrected chi connectivity index (χ4v) is 2.52. The van der Waals surface area contributed by atoms with E-state index in [1.54, 1.807) is 0 Å². The average Bonchev–Trinajstić information content (AvgIpc) is 2.46. The Kier molecular flexibility index (Phi) is 5.62. The molecule has 0 aliphatic carbocycles. The van der Waals surface area contributed by atoms with Crippen LogP contribution < -0.4 is 5.73 Å². The zero-order valence-corrected chi connectivity index (χ0v) is 10.7. The Morgan fingerprint density at radius 2 is 1.80 bits per heavy atom. The van der Waals surface area contributed by atoms with Gasteiger partial charge in [0.2, 0.25) is 0 Å². The van der Waals surface area contributed by atoms with E-state index in [1.807, 2.05) is 0 Å². The van der Waals surface area contributed by atoms with Gasteiger partial charge in [0.05, 0.1) is 0 Å². The first-order valence-corrected chi connectivity index (χ1v) is 6.56. The maximum absolute atomic E-state index is 5.55. The zero-order chi connectivity index (χ0) is 11.3. The highest BCUT2D eigenvalue weighted by atomic mass is 15.1.